The number of hydrogen-bond donors (Lipinski definition) is 0. The molecule has 2 fully saturated rings. The molecule has 0 aliphatic carbocycles. The van der Waals surface area contributed by atoms with Crippen LogP contribution in [0.3, 0.4) is 0 Å². The normalized spacial score (nSPS) is 19.8. The Hall–Kier alpha value is -2.25. The summed E-state index contributed by atoms with van der Waals surface area (Å²) in [5.41, 5.74) is 0.682. The predicted molar refractivity (Wildman–Crippen MR) is 96.6 cm³/mol. The van der Waals surface area contributed by atoms with Crippen LogP contribution in [0.5, 0.6) is 0 Å². The third kappa shape index (κ3) is 3.57. The monoisotopic (exact) mass is 340 g/mol. The SMILES string of the molecule is Cn1ccc(CN2CC(N3CCN(c4ccccn4)CC3)C2)nc1=O. The lowest BCUT2D eigenvalue weighted by Gasteiger charge is -2.48. The molecule has 0 unspecified atom stereocenters. The van der Waals surface area contributed by atoms with Crippen LogP contribution in [0.4, 0.5) is 5.82 Å². The quantitative estimate of drug-likeness (QED) is 0.792. The van der Waals surface area contributed by atoms with Crippen LogP contribution in [0, 0.1) is 0 Å². The van der Waals surface area contributed by atoms with E-state index in [0.717, 1.165) is 57.3 Å². The molecule has 0 bridgehead atoms. The van der Waals surface area contributed by atoms with Gasteiger partial charge in [-0.2, -0.15) is 4.98 Å². The molecule has 0 aromatic carbocycles. The molecule has 7 heteroatoms. The molecule has 2 aliphatic rings. The van der Waals surface area contributed by atoms with E-state index in [9.17, 15) is 4.79 Å². The summed E-state index contributed by atoms with van der Waals surface area (Å²) in [5.74, 6) is 1.08. The van der Waals surface area contributed by atoms with Crippen molar-refractivity contribution >= 4 is 5.82 Å². The molecule has 4 rings (SSSR count). The summed E-state index contributed by atoms with van der Waals surface area (Å²) in [7, 11) is 1.73. The van der Waals surface area contributed by atoms with Crippen LogP contribution in [0.2, 0.25) is 0 Å². The summed E-state index contributed by atoms with van der Waals surface area (Å²) in [6.45, 7) is 7.10. The van der Waals surface area contributed by atoms with Gasteiger partial charge in [0.2, 0.25) is 0 Å². The van der Waals surface area contributed by atoms with E-state index in [1.54, 1.807) is 13.2 Å². The molecular weight excluding hydrogens is 316 g/mol. The molecular formula is C18H24N6O. The van der Waals surface area contributed by atoms with Gasteiger partial charge in [-0.25, -0.2) is 9.78 Å². The van der Waals surface area contributed by atoms with Crippen LogP contribution < -0.4 is 10.6 Å². The number of hydrogen-bond acceptors (Lipinski definition) is 6. The van der Waals surface area contributed by atoms with Gasteiger partial charge in [-0.05, 0) is 18.2 Å². The number of likely N-dealkylation sites (tertiary alicyclic amines) is 1. The maximum absolute atomic E-state index is 11.6. The molecule has 0 saturated carbocycles. The highest BCUT2D eigenvalue weighted by Crippen LogP contribution is 2.20. The van der Waals surface area contributed by atoms with Crippen LogP contribution in [0.15, 0.2) is 41.5 Å². The van der Waals surface area contributed by atoms with E-state index in [1.807, 2.05) is 24.4 Å². The fraction of sp³-hybridized carbons (Fsp3) is 0.500. The Balaban J connectivity index is 1.25. The summed E-state index contributed by atoms with van der Waals surface area (Å²) in [6, 6.07) is 8.64. The lowest BCUT2D eigenvalue weighted by Crippen LogP contribution is -2.62. The summed E-state index contributed by atoms with van der Waals surface area (Å²) < 4.78 is 1.50. The molecule has 25 heavy (non-hydrogen) atoms. The number of anilines is 1. The van der Waals surface area contributed by atoms with Crippen LogP contribution in [0.25, 0.3) is 0 Å². The van der Waals surface area contributed by atoms with Crippen LogP contribution in [0.1, 0.15) is 5.69 Å². The van der Waals surface area contributed by atoms with Crippen molar-refractivity contribution in [3.63, 3.8) is 0 Å². The van der Waals surface area contributed by atoms with Gasteiger partial charge >= 0.3 is 5.69 Å². The van der Waals surface area contributed by atoms with Crippen LogP contribution in [-0.2, 0) is 13.6 Å². The first-order valence-electron chi connectivity index (χ1n) is 8.84. The second-order valence-corrected chi connectivity index (χ2v) is 6.87. The molecule has 7 nitrogen and oxygen atoms in total. The third-order valence-electron chi connectivity index (χ3n) is 5.16. The van der Waals surface area contributed by atoms with Crippen molar-refractivity contribution in [3.8, 4) is 0 Å². The Morgan fingerprint density at radius 1 is 1.12 bits per heavy atom. The number of rotatable bonds is 4. The average Bonchev–Trinajstić information content (AvgIpc) is 2.62. The topological polar surface area (TPSA) is 57.5 Å². The second kappa shape index (κ2) is 6.93. The maximum Gasteiger partial charge on any atom is 0.347 e. The Bertz CT molecular complexity index is 763. The van der Waals surface area contributed by atoms with Crippen molar-refractivity contribution < 1.29 is 0 Å². The van der Waals surface area contributed by atoms with Gasteiger partial charge in [0.15, 0.2) is 0 Å². The van der Waals surface area contributed by atoms with Crippen molar-refractivity contribution in [2.45, 2.75) is 12.6 Å². The predicted octanol–water partition coefficient (Wildman–Crippen LogP) is 0.182. The largest absolute Gasteiger partial charge is 0.354 e. The Morgan fingerprint density at radius 2 is 1.92 bits per heavy atom. The van der Waals surface area contributed by atoms with Gasteiger partial charge in [-0.3, -0.25) is 9.80 Å². The molecule has 0 amide bonds. The average molecular weight is 340 g/mol. The Labute approximate surface area is 147 Å². The molecule has 4 heterocycles. The molecule has 0 N–H and O–H groups in total. The van der Waals surface area contributed by atoms with Gasteiger partial charge in [-0.1, -0.05) is 6.07 Å². The number of pyridine rings is 1. The van der Waals surface area contributed by atoms with Crippen LogP contribution >= 0.6 is 0 Å². The van der Waals surface area contributed by atoms with E-state index >= 15 is 0 Å². The lowest BCUT2D eigenvalue weighted by atomic mass is 10.1. The van der Waals surface area contributed by atoms with Crippen molar-refractivity contribution in [3.05, 3.63) is 52.8 Å². The summed E-state index contributed by atoms with van der Waals surface area (Å²) in [6.07, 6.45) is 3.65. The first-order chi connectivity index (χ1) is 12.2. The first kappa shape index (κ1) is 16.2. The summed E-state index contributed by atoms with van der Waals surface area (Å²) >= 11 is 0. The zero-order chi connectivity index (χ0) is 17.2. The fourth-order valence-electron chi connectivity index (χ4n) is 3.58. The molecule has 2 aromatic rings. The van der Waals surface area contributed by atoms with E-state index < -0.39 is 0 Å². The van der Waals surface area contributed by atoms with Gasteiger partial charge in [0.25, 0.3) is 0 Å². The van der Waals surface area contributed by atoms with E-state index in [4.69, 9.17) is 0 Å². The fourth-order valence-corrected chi connectivity index (χ4v) is 3.58. The highest BCUT2D eigenvalue weighted by Gasteiger charge is 2.33. The zero-order valence-electron chi connectivity index (χ0n) is 14.6. The smallest absolute Gasteiger partial charge is 0.347 e. The molecule has 0 radical (unpaired) electrons. The summed E-state index contributed by atoms with van der Waals surface area (Å²) in [4.78, 5) is 27.5. The van der Waals surface area contributed by atoms with Crippen molar-refractivity contribution in [1.29, 1.82) is 0 Å². The molecule has 2 aliphatic heterocycles. The maximum atomic E-state index is 11.6. The first-order valence-corrected chi connectivity index (χ1v) is 8.84. The van der Waals surface area contributed by atoms with Crippen molar-refractivity contribution in [2.24, 2.45) is 7.05 Å². The standard InChI is InChI=1S/C18H24N6O/c1-21-7-5-15(20-18(21)25)12-22-13-16(14-22)23-8-10-24(11-9-23)17-4-2-3-6-19-17/h2-7,16H,8-14H2,1H3. The van der Waals surface area contributed by atoms with Gasteiger partial charge in [-0.15, -0.1) is 0 Å². The third-order valence-corrected chi connectivity index (χ3v) is 5.16. The molecule has 0 spiro atoms. The molecule has 2 aromatic heterocycles. The molecule has 132 valence electrons. The number of nitrogens with zero attached hydrogens (tertiary/aromatic N) is 6. The van der Waals surface area contributed by atoms with Gasteiger partial charge in [0, 0.05) is 71.3 Å². The van der Waals surface area contributed by atoms with Gasteiger partial charge < -0.3 is 9.47 Å². The minimum atomic E-state index is -0.180. The second-order valence-electron chi connectivity index (χ2n) is 6.87. The highest BCUT2D eigenvalue weighted by molar-refractivity contribution is 5.38. The Kier molecular flexibility index (Phi) is 4.50. The van der Waals surface area contributed by atoms with Gasteiger partial charge in [0.1, 0.15) is 5.82 Å². The number of aromatic nitrogens is 3. The van der Waals surface area contributed by atoms with Crippen LogP contribution in [-0.4, -0.2) is 69.6 Å². The Morgan fingerprint density at radius 3 is 2.60 bits per heavy atom. The van der Waals surface area contributed by atoms with E-state index in [2.05, 4.69) is 30.7 Å². The van der Waals surface area contributed by atoms with Gasteiger partial charge in [0.05, 0.1) is 5.69 Å². The number of piperazine rings is 1. The molecule has 0 atom stereocenters. The minimum Gasteiger partial charge on any atom is -0.354 e. The number of aryl methyl sites for hydroxylation is 1. The van der Waals surface area contributed by atoms with Crippen molar-refractivity contribution in [2.75, 3.05) is 44.2 Å². The van der Waals surface area contributed by atoms with E-state index in [0.29, 0.717) is 6.04 Å². The zero-order valence-corrected chi connectivity index (χ0v) is 14.6. The molecule has 2 saturated heterocycles. The summed E-state index contributed by atoms with van der Waals surface area (Å²) in [5, 5.41) is 0. The van der Waals surface area contributed by atoms with Crippen molar-refractivity contribution in [1.82, 2.24) is 24.3 Å². The van der Waals surface area contributed by atoms with E-state index in [1.165, 1.54) is 4.57 Å². The highest BCUT2D eigenvalue weighted by atomic mass is 16.1. The minimum absolute atomic E-state index is 0.180. The van der Waals surface area contributed by atoms with E-state index in [-0.39, 0.29) is 5.69 Å². The lowest BCUT2D eigenvalue weighted by molar-refractivity contribution is 0.0247.